The first-order valence-corrected chi connectivity index (χ1v) is 5.49. The van der Waals surface area contributed by atoms with E-state index in [9.17, 15) is 5.11 Å². The Balaban J connectivity index is 2.68. The van der Waals surface area contributed by atoms with Crippen LogP contribution in [0.25, 0.3) is 0 Å². The van der Waals surface area contributed by atoms with Crippen LogP contribution >= 0.6 is 0 Å². The fourth-order valence-corrected chi connectivity index (χ4v) is 1.46. The van der Waals surface area contributed by atoms with Crippen LogP contribution in [0.5, 0.6) is 5.75 Å². The number of methoxy groups -OCH3 is 1. The zero-order chi connectivity index (χ0) is 12.2. The van der Waals surface area contributed by atoms with Crippen LogP contribution in [0.2, 0.25) is 0 Å². The molecule has 0 aliphatic carbocycles. The zero-order valence-electron chi connectivity index (χ0n) is 10.4. The molecule has 3 nitrogen and oxygen atoms in total. The average molecular weight is 223 g/mol. The third-order valence-corrected chi connectivity index (χ3v) is 2.34. The minimum atomic E-state index is -0.0358. The maximum Gasteiger partial charge on any atom is 0.115 e. The standard InChI is InChI=1S/C13H21NO2/c1-13(2,3)14-9-12(16-4)10-6-5-7-11(15)8-10/h5-8,12,14-15H,9H2,1-4H3. The van der Waals surface area contributed by atoms with Crippen LogP contribution in [-0.2, 0) is 4.74 Å². The number of phenolic OH excluding ortho intramolecular Hbond substituents is 1. The van der Waals surface area contributed by atoms with Crippen LogP contribution in [0.15, 0.2) is 24.3 Å². The number of phenols is 1. The van der Waals surface area contributed by atoms with Gasteiger partial charge in [-0.15, -0.1) is 0 Å². The smallest absolute Gasteiger partial charge is 0.115 e. The highest BCUT2D eigenvalue weighted by Crippen LogP contribution is 2.20. The summed E-state index contributed by atoms with van der Waals surface area (Å²) in [6.07, 6.45) is -0.0358. The molecule has 1 rings (SSSR count). The van der Waals surface area contributed by atoms with Crippen LogP contribution in [-0.4, -0.2) is 24.3 Å². The highest BCUT2D eigenvalue weighted by atomic mass is 16.5. The largest absolute Gasteiger partial charge is 0.508 e. The van der Waals surface area contributed by atoms with Crippen molar-refractivity contribution in [2.24, 2.45) is 0 Å². The van der Waals surface area contributed by atoms with Crippen LogP contribution in [0.4, 0.5) is 0 Å². The highest BCUT2D eigenvalue weighted by molar-refractivity contribution is 5.28. The van der Waals surface area contributed by atoms with Crippen molar-refractivity contribution >= 4 is 0 Å². The van der Waals surface area contributed by atoms with E-state index in [2.05, 4.69) is 26.1 Å². The number of hydrogen-bond donors (Lipinski definition) is 2. The molecule has 0 heterocycles. The van der Waals surface area contributed by atoms with Gasteiger partial charge in [-0.05, 0) is 38.5 Å². The molecule has 0 aromatic heterocycles. The number of hydrogen-bond acceptors (Lipinski definition) is 3. The van der Waals surface area contributed by atoms with Gasteiger partial charge >= 0.3 is 0 Å². The van der Waals surface area contributed by atoms with E-state index in [1.54, 1.807) is 19.2 Å². The lowest BCUT2D eigenvalue weighted by Crippen LogP contribution is -2.38. The van der Waals surface area contributed by atoms with Crippen molar-refractivity contribution < 1.29 is 9.84 Å². The summed E-state index contributed by atoms with van der Waals surface area (Å²) in [6.45, 7) is 7.07. The van der Waals surface area contributed by atoms with Crippen molar-refractivity contribution in [3.8, 4) is 5.75 Å². The van der Waals surface area contributed by atoms with Crippen molar-refractivity contribution in [3.63, 3.8) is 0 Å². The molecule has 90 valence electrons. The first kappa shape index (κ1) is 13.0. The highest BCUT2D eigenvalue weighted by Gasteiger charge is 2.15. The average Bonchev–Trinajstić information content (AvgIpc) is 2.17. The Morgan fingerprint density at radius 1 is 1.38 bits per heavy atom. The summed E-state index contributed by atoms with van der Waals surface area (Å²) in [6, 6.07) is 7.18. The summed E-state index contributed by atoms with van der Waals surface area (Å²) >= 11 is 0. The second-order valence-electron chi connectivity index (χ2n) is 4.95. The normalized spacial score (nSPS) is 13.8. The SMILES string of the molecule is COC(CNC(C)(C)C)c1cccc(O)c1. The molecule has 2 N–H and O–H groups in total. The van der Waals surface area contributed by atoms with Gasteiger partial charge < -0.3 is 15.2 Å². The Morgan fingerprint density at radius 2 is 2.06 bits per heavy atom. The van der Waals surface area contributed by atoms with Gasteiger partial charge in [0.25, 0.3) is 0 Å². The molecule has 3 heteroatoms. The van der Waals surface area contributed by atoms with Crippen LogP contribution in [0.3, 0.4) is 0 Å². The van der Waals surface area contributed by atoms with Gasteiger partial charge in [0.05, 0.1) is 6.10 Å². The third kappa shape index (κ3) is 4.21. The minimum Gasteiger partial charge on any atom is -0.508 e. The first-order chi connectivity index (χ1) is 7.42. The Morgan fingerprint density at radius 3 is 2.56 bits per heavy atom. The van der Waals surface area contributed by atoms with E-state index in [4.69, 9.17) is 4.74 Å². The number of benzene rings is 1. The molecule has 1 aromatic rings. The quantitative estimate of drug-likeness (QED) is 0.824. The summed E-state index contributed by atoms with van der Waals surface area (Å²) in [7, 11) is 1.68. The zero-order valence-corrected chi connectivity index (χ0v) is 10.4. The molecule has 16 heavy (non-hydrogen) atoms. The molecule has 0 aliphatic rings. The van der Waals surface area contributed by atoms with E-state index >= 15 is 0 Å². The fraction of sp³-hybridized carbons (Fsp3) is 0.538. The monoisotopic (exact) mass is 223 g/mol. The molecule has 1 unspecified atom stereocenters. The molecule has 0 amide bonds. The molecule has 1 aromatic carbocycles. The summed E-state index contributed by atoms with van der Waals surface area (Å²) < 4.78 is 5.41. The van der Waals surface area contributed by atoms with Gasteiger partial charge in [0.1, 0.15) is 5.75 Å². The van der Waals surface area contributed by atoms with E-state index in [0.717, 1.165) is 12.1 Å². The van der Waals surface area contributed by atoms with E-state index in [1.165, 1.54) is 0 Å². The molecular weight excluding hydrogens is 202 g/mol. The minimum absolute atomic E-state index is 0.0358. The maximum absolute atomic E-state index is 9.41. The lowest BCUT2D eigenvalue weighted by atomic mass is 10.1. The van der Waals surface area contributed by atoms with Crippen molar-refractivity contribution in [2.45, 2.75) is 32.4 Å². The summed E-state index contributed by atoms with van der Waals surface area (Å²) in [5.74, 6) is 0.273. The summed E-state index contributed by atoms with van der Waals surface area (Å²) in [5.41, 5.74) is 1.05. The van der Waals surface area contributed by atoms with E-state index in [0.29, 0.717) is 0 Å². The topological polar surface area (TPSA) is 41.5 Å². The van der Waals surface area contributed by atoms with Crippen LogP contribution in [0, 0.1) is 0 Å². The maximum atomic E-state index is 9.41. The molecule has 0 fully saturated rings. The molecule has 0 bridgehead atoms. The van der Waals surface area contributed by atoms with Gasteiger partial charge in [0, 0.05) is 19.2 Å². The molecule has 0 spiro atoms. The first-order valence-electron chi connectivity index (χ1n) is 5.49. The molecular formula is C13H21NO2. The molecule has 0 aliphatic heterocycles. The van der Waals surface area contributed by atoms with E-state index < -0.39 is 0 Å². The Hall–Kier alpha value is -1.06. The Bertz CT molecular complexity index is 331. The van der Waals surface area contributed by atoms with Gasteiger partial charge in [-0.2, -0.15) is 0 Å². The molecule has 0 saturated carbocycles. The van der Waals surface area contributed by atoms with E-state index in [-0.39, 0.29) is 17.4 Å². The van der Waals surface area contributed by atoms with Gasteiger partial charge in [0.15, 0.2) is 0 Å². The predicted octanol–water partition coefficient (Wildman–Crippen LogP) is 2.47. The summed E-state index contributed by atoms with van der Waals surface area (Å²) in [4.78, 5) is 0. The predicted molar refractivity (Wildman–Crippen MR) is 65.6 cm³/mol. The van der Waals surface area contributed by atoms with Crippen molar-refractivity contribution in [2.75, 3.05) is 13.7 Å². The van der Waals surface area contributed by atoms with Crippen molar-refractivity contribution in [3.05, 3.63) is 29.8 Å². The van der Waals surface area contributed by atoms with Crippen LogP contribution in [0.1, 0.15) is 32.4 Å². The van der Waals surface area contributed by atoms with Crippen LogP contribution < -0.4 is 5.32 Å². The Labute approximate surface area is 97.4 Å². The van der Waals surface area contributed by atoms with Gasteiger partial charge in [0.2, 0.25) is 0 Å². The number of ether oxygens (including phenoxy) is 1. The Kier molecular flexibility index (Phi) is 4.33. The molecule has 1 atom stereocenters. The van der Waals surface area contributed by atoms with Crippen molar-refractivity contribution in [1.82, 2.24) is 5.32 Å². The van der Waals surface area contributed by atoms with Gasteiger partial charge in [-0.3, -0.25) is 0 Å². The lowest BCUT2D eigenvalue weighted by molar-refractivity contribution is 0.0957. The second kappa shape index (κ2) is 5.32. The number of aromatic hydroxyl groups is 1. The summed E-state index contributed by atoms with van der Waals surface area (Å²) in [5, 5.41) is 12.8. The second-order valence-corrected chi connectivity index (χ2v) is 4.95. The molecule has 0 saturated heterocycles. The number of rotatable bonds is 4. The molecule has 0 radical (unpaired) electrons. The van der Waals surface area contributed by atoms with Gasteiger partial charge in [-0.1, -0.05) is 12.1 Å². The van der Waals surface area contributed by atoms with Crippen molar-refractivity contribution in [1.29, 1.82) is 0 Å². The lowest BCUT2D eigenvalue weighted by Gasteiger charge is -2.24. The third-order valence-electron chi connectivity index (χ3n) is 2.34. The fourth-order valence-electron chi connectivity index (χ4n) is 1.46. The van der Waals surface area contributed by atoms with E-state index in [1.807, 2.05) is 12.1 Å². The number of nitrogens with one attached hydrogen (secondary N) is 1. The van der Waals surface area contributed by atoms with Gasteiger partial charge in [-0.25, -0.2) is 0 Å².